The van der Waals surface area contributed by atoms with E-state index in [1.165, 1.54) is 24.3 Å². The SMILES string of the molecule is O=C(/C=C/c1ccc(OC(F)F)cc1OC(F)F)NCCNC(=O)Cc1cccc(F)c1. The van der Waals surface area contributed by atoms with E-state index in [4.69, 9.17) is 0 Å². The fraction of sp³-hybridized carbons (Fsp3) is 0.238. The Morgan fingerprint density at radius 1 is 0.938 bits per heavy atom. The average molecular weight is 458 g/mol. The van der Waals surface area contributed by atoms with Gasteiger partial charge >= 0.3 is 13.2 Å². The Hall–Kier alpha value is -3.63. The highest BCUT2D eigenvalue weighted by Gasteiger charge is 2.12. The zero-order valence-corrected chi connectivity index (χ0v) is 16.5. The van der Waals surface area contributed by atoms with Crippen molar-refractivity contribution in [3.63, 3.8) is 0 Å². The van der Waals surface area contributed by atoms with E-state index in [-0.39, 0.29) is 36.7 Å². The van der Waals surface area contributed by atoms with E-state index in [0.717, 1.165) is 24.3 Å². The van der Waals surface area contributed by atoms with Crippen LogP contribution in [0, 0.1) is 5.82 Å². The van der Waals surface area contributed by atoms with Gasteiger partial charge in [-0.15, -0.1) is 0 Å². The molecule has 2 N–H and O–H groups in total. The molecule has 32 heavy (non-hydrogen) atoms. The molecule has 2 aromatic rings. The minimum Gasteiger partial charge on any atom is -0.435 e. The maximum atomic E-state index is 13.1. The van der Waals surface area contributed by atoms with Crippen LogP contribution in [0.3, 0.4) is 0 Å². The van der Waals surface area contributed by atoms with Crippen LogP contribution in [0.5, 0.6) is 11.5 Å². The molecule has 6 nitrogen and oxygen atoms in total. The monoisotopic (exact) mass is 458 g/mol. The summed E-state index contributed by atoms with van der Waals surface area (Å²) in [5.74, 6) is -2.24. The van der Waals surface area contributed by atoms with Crippen LogP contribution in [0.4, 0.5) is 22.0 Å². The maximum Gasteiger partial charge on any atom is 0.387 e. The molecule has 0 fully saturated rings. The van der Waals surface area contributed by atoms with Crippen LogP contribution in [-0.2, 0) is 16.0 Å². The van der Waals surface area contributed by atoms with Crippen molar-refractivity contribution in [2.45, 2.75) is 19.6 Å². The van der Waals surface area contributed by atoms with E-state index in [1.54, 1.807) is 6.07 Å². The summed E-state index contributed by atoms with van der Waals surface area (Å²) in [5, 5.41) is 5.02. The van der Waals surface area contributed by atoms with Crippen LogP contribution in [0.25, 0.3) is 6.08 Å². The number of rotatable bonds is 11. The van der Waals surface area contributed by atoms with Crippen molar-refractivity contribution in [3.05, 3.63) is 65.5 Å². The topological polar surface area (TPSA) is 76.7 Å². The molecule has 0 aliphatic heterocycles. The second kappa shape index (κ2) is 12.3. The number of carbonyl (C=O) groups excluding carboxylic acids is 2. The van der Waals surface area contributed by atoms with Gasteiger partial charge in [-0.05, 0) is 35.9 Å². The lowest BCUT2D eigenvalue weighted by Crippen LogP contribution is -2.34. The Bertz CT molecular complexity index is 954. The smallest absolute Gasteiger partial charge is 0.387 e. The van der Waals surface area contributed by atoms with Gasteiger partial charge in [-0.25, -0.2) is 4.39 Å². The average Bonchev–Trinajstić information content (AvgIpc) is 2.70. The molecule has 0 aliphatic carbocycles. The van der Waals surface area contributed by atoms with Crippen LogP contribution in [0.15, 0.2) is 48.5 Å². The number of nitrogens with one attached hydrogen (secondary N) is 2. The van der Waals surface area contributed by atoms with Crippen LogP contribution < -0.4 is 20.1 Å². The highest BCUT2D eigenvalue weighted by Crippen LogP contribution is 2.28. The van der Waals surface area contributed by atoms with Crippen molar-refractivity contribution in [1.29, 1.82) is 0 Å². The fourth-order valence-electron chi connectivity index (χ4n) is 2.53. The summed E-state index contributed by atoms with van der Waals surface area (Å²) in [5.41, 5.74) is 0.534. The molecule has 0 aliphatic rings. The normalized spacial score (nSPS) is 11.1. The first-order valence-corrected chi connectivity index (χ1v) is 9.23. The van der Waals surface area contributed by atoms with Gasteiger partial charge < -0.3 is 20.1 Å². The number of benzene rings is 2. The highest BCUT2D eigenvalue weighted by atomic mass is 19.3. The van der Waals surface area contributed by atoms with Crippen LogP contribution in [0.2, 0.25) is 0 Å². The van der Waals surface area contributed by atoms with Crippen molar-refractivity contribution in [2.75, 3.05) is 13.1 Å². The van der Waals surface area contributed by atoms with Crippen molar-refractivity contribution in [2.24, 2.45) is 0 Å². The summed E-state index contributed by atoms with van der Waals surface area (Å²) in [6.45, 7) is -6.18. The molecule has 0 radical (unpaired) electrons. The van der Waals surface area contributed by atoms with Crippen molar-refractivity contribution < 1.29 is 41.0 Å². The number of hydrogen-bond donors (Lipinski definition) is 2. The van der Waals surface area contributed by atoms with Gasteiger partial charge in [0.15, 0.2) is 0 Å². The summed E-state index contributed by atoms with van der Waals surface area (Å²) >= 11 is 0. The second-order valence-electron chi connectivity index (χ2n) is 6.24. The molecule has 0 saturated heterocycles. The molecular formula is C21H19F5N2O4. The summed E-state index contributed by atoms with van der Waals surface area (Å²) in [6.07, 6.45) is 2.15. The molecule has 2 rings (SSSR count). The van der Waals surface area contributed by atoms with E-state index in [1.807, 2.05) is 0 Å². The van der Waals surface area contributed by atoms with Gasteiger partial charge in [-0.2, -0.15) is 17.6 Å². The molecule has 0 heterocycles. The van der Waals surface area contributed by atoms with E-state index >= 15 is 0 Å². The Labute approximate surface area is 180 Å². The van der Waals surface area contributed by atoms with E-state index in [0.29, 0.717) is 5.56 Å². The van der Waals surface area contributed by atoms with E-state index in [9.17, 15) is 31.5 Å². The zero-order valence-electron chi connectivity index (χ0n) is 16.5. The van der Waals surface area contributed by atoms with Gasteiger partial charge in [0.25, 0.3) is 0 Å². The number of alkyl halides is 4. The molecule has 0 atom stereocenters. The Kier molecular flexibility index (Phi) is 9.45. The first kappa shape index (κ1) is 24.6. The molecule has 2 aromatic carbocycles. The predicted molar refractivity (Wildman–Crippen MR) is 105 cm³/mol. The largest absolute Gasteiger partial charge is 0.435 e. The number of amides is 2. The van der Waals surface area contributed by atoms with Crippen LogP contribution in [-0.4, -0.2) is 38.1 Å². The Balaban J connectivity index is 1.83. The van der Waals surface area contributed by atoms with Gasteiger partial charge in [0.05, 0.1) is 6.42 Å². The molecule has 0 bridgehead atoms. The minimum atomic E-state index is -3.21. The second-order valence-corrected chi connectivity index (χ2v) is 6.24. The third kappa shape index (κ3) is 9.02. The first-order chi connectivity index (χ1) is 15.2. The molecule has 172 valence electrons. The quantitative estimate of drug-likeness (QED) is 0.307. The van der Waals surface area contributed by atoms with Gasteiger partial charge in [-0.3, -0.25) is 9.59 Å². The number of ether oxygens (including phenoxy) is 2. The first-order valence-electron chi connectivity index (χ1n) is 9.23. The van der Waals surface area contributed by atoms with Crippen molar-refractivity contribution >= 4 is 17.9 Å². The van der Waals surface area contributed by atoms with Gasteiger partial charge in [0.2, 0.25) is 11.8 Å². The lowest BCUT2D eigenvalue weighted by Gasteiger charge is -2.11. The van der Waals surface area contributed by atoms with Crippen LogP contribution >= 0.6 is 0 Å². The fourth-order valence-corrected chi connectivity index (χ4v) is 2.53. The van der Waals surface area contributed by atoms with Crippen molar-refractivity contribution in [1.82, 2.24) is 10.6 Å². The summed E-state index contributed by atoms with van der Waals surface area (Å²) in [7, 11) is 0. The predicted octanol–water partition coefficient (Wildman–Crippen LogP) is 3.52. The Morgan fingerprint density at radius 3 is 2.34 bits per heavy atom. The lowest BCUT2D eigenvalue weighted by molar-refractivity contribution is -0.121. The summed E-state index contributed by atoms with van der Waals surface area (Å²) in [4.78, 5) is 23.7. The molecule has 0 saturated carbocycles. The molecule has 2 amide bonds. The zero-order chi connectivity index (χ0) is 23.5. The molecule has 11 heteroatoms. The van der Waals surface area contributed by atoms with Gasteiger partial charge in [0.1, 0.15) is 17.3 Å². The Morgan fingerprint density at radius 2 is 1.66 bits per heavy atom. The number of halogens is 5. The summed E-state index contributed by atoms with van der Waals surface area (Å²) in [6, 6.07) is 8.73. The molecular weight excluding hydrogens is 439 g/mol. The standard InChI is InChI=1S/C21H19F5N2O4/c22-15-3-1-2-13(10-15)11-19(30)28-9-8-27-18(29)7-5-14-4-6-16(31-20(23)24)12-17(14)32-21(25)26/h1-7,10,12,20-21H,8-9,11H2,(H,27,29)(H,28,30)/b7-5+. The molecule has 0 aromatic heterocycles. The summed E-state index contributed by atoms with van der Waals surface area (Å²) < 4.78 is 71.2. The van der Waals surface area contributed by atoms with E-state index < -0.39 is 30.7 Å². The van der Waals surface area contributed by atoms with Crippen LogP contribution in [0.1, 0.15) is 11.1 Å². The number of carbonyl (C=O) groups is 2. The molecule has 0 spiro atoms. The van der Waals surface area contributed by atoms with E-state index in [2.05, 4.69) is 20.1 Å². The molecule has 0 unspecified atom stereocenters. The maximum absolute atomic E-state index is 13.1. The minimum absolute atomic E-state index is 0.0240. The third-order valence-electron chi connectivity index (χ3n) is 3.84. The van der Waals surface area contributed by atoms with Gasteiger partial charge in [-0.1, -0.05) is 12.1 Å². The number of hydrogen-bond acceptors (Lipinski definition) is 4. The lowest BCUT2D eigenvalue weighted by atomic mass is 10.1. The highest BCUT2D eigenvalue weighted by molar-refractivity contribution is 5.92. The van der Waals surface area contributed by atoms with Gasteiger partial charge in [0, 0.05) is 30.8 Å². The third-order valence-corrected chi connectivity index (χ3v) is 3.84. The van der Waals surface area contributed by atoms with Crippen molar-refractivity contribution in [3.8, 4) is 11.5 Å².